The number of hydrogen-bond donors (Lipinski definition) is 2. The number of aromatic nitrogens is 3. The lowest BCUT2D eigenvalue weighted by Gasteiger charge is -2.11. The first kappa shape index (κ1) is 16.3. The van der Waals surface area contributed by atoms with Crippen LogP contribution in [0.4, 0.5) is 4.39 Å². The minimum atomic E-state index is -0.183. The molecule has 0 radical (unpaired) electrons. The van der Waals surface area contributed by atoms with E-state index >= 15 is 0 Å². The zero-order valence-corrected chi connectivity index (χ0v) is 13.4. The summed E-state index contributed by atoms with van der Waals surface area (Å²) in [5.74, 6) is 2.06. The summed E-state index contributed by atoms with van der Waals surface area (Å²) < 4.78 is 15.2. The maximum atomic E-state index is 13.5. The average Bonchev–Trinajstić information content (AvgIpc) is 2.93. The van der Waals surface area contributed by atoms with Crippen molar-refractivity contribution in [3.05, 3.63) is 42.2 Å². The van der Waals surface area contributed by atoms with Crippen LogP contribution >= 0.6 is 11.8 Å². The molecule has 22 heavy (non-hydrogen) atoms. The summed E-state index contributed by atoms with van der Waals surface area (Å²) in [6.45, 7) is 1.22. The third-order valence-electron chi connectivity index (χ3n) is 2.93. The van der Waals surface area contributed by atoms with Gasteiger partial charge in [-0.2, -0.15) is 5.10 Å². The molecular formula is C14H19FN6S. The van der Waals surface area contributed by atoms with Crippen molar-refractivity contribution in [2.75, 3.05) is 19.3 Å². The van der Waals surface area contributed by atoms with Gasteiger partial charge in [0.15, 0.2) is 5.96 Å². The highest BCUT2D eigenvalue weighted by molar-refractivity contribution is 7.99. The summed E-state index contributed by atoms with van der Waals surface area (Å²) in [5, 5.41) is 10.3. The van der Waals surface area contributed by atoms with Gasteiger partial charge in [0.25, 0.3) is 0 Å². The Labute approximate surface area is 133 Å². The largest absolute Gasteiger partial charge is 0.356 e. The molecule has 0 saturated heterocycles. The summed E-state index contributed by atoms with van der Waals surface area (Å²) in [7, 11) is 3.54. The van der Waals surface area contributed by atoms with Crippen LogP contribution in [0.1, 0.15) is 5.82 Å². The quantitative estimate of drug-likeness (QED) is 0.364. The van der Waals surface area contributed by atoms with E-state index in [2.05, 4.69) is 25.7 Å². The normalized spacial score (nSPS) is 11.5. The molecule has 2 rings (SSSR count). The molecular weight excluding hydrogens is 303 g/mol. The van der Waals surface area contributed by atoms with Gasteiger partial charge < -0.3 is 10.6 Å². The lowest BCUT2D eigenvalue weighted by atomic mass is 10.3. The molecule has 0 unspecified atom stereocenters. The molecule has 0 bridgehead atoms. The number of rotatable bonds is 6. The van der Waals surface area contributed by atoms with Crippen LogP contribution in [0.25, 0.3) is 0 Å². The van der Waals surface area contributed by atoms with Crippen LogP contribution in [0.5, 0.6) is 0 Å². The van der Waals surface area contributed by atoms with Crippen LogP contribution < -0.4 is 10.6 Å². The van der Waals surface area contributed by atoms with Gasteiger partial charge in [-0.15, -0.1) is 11.8 Å². The Hall–Kier alpha value is -2.09. The van der Waals surface area contributed by atoms with E-state index < -0.39 is 0 Å². The molecule has 0 aliphatic rings. The minimum absolute atomic E-state index is 0.183. The first-order chi connectivity index (χ1) is 10.7. The Balaban J connectivity index is 1.71. The van der Waals surface area contributed by atoms with Gasteiger partial charge in [-0.1, -0.05) is 12.1 Å². The van der Waals surface area contributed by atoms with E-state index in [4.69, 9.17) is 0 Å². The number of aryl methyl sites for hydroxylation is 1. The highest BCUT2D eigenvalue weighted by Crippen LogP contribution is 2.20. The molecule has 0 atom stereocenters. The van der Waals surface area contributed by atoms with Crippen molar-refractivity contribution in [3.63, 3.8) is 0 Å². The first-order valence-electron chi connectivity index (χ1n) is 6.85. The standard InChI is InChI=1S/C14H19FN6S/c1-16-14(18-9-13-19-10-20-21(13)2)17-7-8-22-12-6-4-3-5-11(12)15/h3-6,10H,7-9H2,1-2H3,(H2,16,17,18). The molecule has 8 heteroatoms. The highest BCUT2D eigenvalue weighted by Gasteiger charge is 2.03. The van der Waals surface area contributed by atoms with Gasteiger partial charge in [-0.3, -0.25) is 9.67 Å². The average molecular weight is 322 g/mol. The van der Waals surface area contributed by atoms with E-state index in [-0.39, 0.29) is 5.82 Å². The Bertz CT molecular complexity index is 627. The molecule has 2 N–H and O–H groups in total. The van der Waals surface area contributed by atoms with Crippen LogP contribution in [0.15, 0.2) is 40.5 Å². The number of nitrogens with one attached hydrogen (secondary N) is 2. The number of halogens is 1. The molecule has 1 aromatic carbocycles. The highest BCUT2D eigenvalue weighted by atomic mass is 32.2. The minimum Gasteiger partial charge on any atom is -0.356 e. The Morgan fingerprint density at radius 1 is 1.36 bits per heavy atom. The number of aliphatic imine (C=N–C) groups is 1. The second-order valence-electron chi connectivity index (χ2n) is 4.43. The second-order valence-corrected chi connectivity index (χ2v) is 5.57. The number of hydrogen-bond acceptors (Lipinski definition) is 4. The van der Waals surface area contributed by atoms with Gasteiger partial charge in [0, 0.05) is 31.3 Å². The summed E-state index contributed by atoms with van der Waals surface area (Å²) in [6.07, 6.45) is 1.51. The molecule has 0 spiro atoms. The summed E-state index contributed by atoms with van der Waals surface area (Å²) in [6, 6.07) is 6.77. The first-order valence-corrected chi connectivity index (χ1v) is 7.84. The van der Waals surface area contributed by atoms with Crippen molar-refractivity contribution in [1.82, 2.24) is 25.4 Å². The summed E-state index contributed by atoms with van der Waals surface area (Å²) >= 11 is 1.47. The maximum Gasteiger partial charge on any atom is 0.191 e. The van der Waals surface area contributed by atoms with Gasteiger partial charge in [-0.05, 0) is 12.1 Å². The summed E-state index contributed by atoms with van der Waals surface area (Å²) in [5.41, 5.74) is 0. The van der Waals surface area contributed by atoms with Crippen LogP contribution in [0, 0.1) is 5.82 Å². The summed E-state index contributed by atoms with van der Waals surface area (Å²) in [4.78, 5) is 8.92. The molecule has 0 fully saturated rings. The lowest BCUT2D eigenvalue weighted by molar-refractivity contribution is 0.602. The number of nitrogens with zero attached hydrogens (tertiary/aromatic N) is 4. The number of benzene rings is 1. The molecule has 118 valence electrons. The molecule has 0 saturated carbocycles. The maximum absolute atomic E-state index is 13.5. The van der Waals surface area contributed by atoms with Gasteiger partial charge in [0.2, 0.25) is 0 Å². The molecule has 2 aromatic rings. The lowest BCUT2D eigenvalue weighted by Crippen LogP contribution is -2.38. The molecule has 6 nitrogen and oxygen atoms in total. The van der Waals surface area contributed by atoms with Gasteiger partial charge in [0.05, 0.1) is 6.54 Å². The SMILES string of the molecule is CN=C(NCCSc1ccccc1F)NCc1ncnn1C. The monoisotopic (exact) mass is 322 g/mol. The fourth-order valence-electron chi connectivity index (χ4n) is 1.76. The Morgan fingerprint density at radius 3 is 2.86 bits per heavy atom. The van der Waals surface area contributed by atoms with E-state index in [0.29, 0.717) is 23.9 Å². The molecule has 0 aliphatic carbocycles. The number of thioether (sulfide) groups is 1. The molecule has 1 aromatic heterocycles. The fourth-order valence-corrected chi connectivity index (χ4v) is 2.56. The second kappa shape index (κ2) is 8.38. The smallest absolute Gasteiger partial charge is 0.191 e. The van der Waals surface area contributed by atoms with Crippen molar-refractivity contribution in [2.45, 2.75) is 11.4 Å². The Morgan fingerprint density at radius 2 is 2.18 bits per heavy atom. The van der Waals surface area contributed by atoms with Crippen molar-refractivity contribution in [1.29, 1.82) is 0 Å². The van der Waals surface area contributed by atoms with Crippen molar-refractivity contribution >= 4 is 17.7 Å². The van der Waals surface area contributed by atoms with Crippen molar-refractivity contribution in [2.24, 2.45) is 12.0 Å². The van der Waals surface area contributed by atoms with Crippen molar-refractivity contribution < 1.29 is 4.39 Å². The third-order valence-corrected chi connectivity index (χ3v) is 3.98. The van der Waals surface area contributed by atoms with E-state index in [0.717, 1.165) is 11.6 Å². The van der Waals surface area contributed by atoms with E-state index in [1.54, 1.807) is 23.9 Å². The van der Waals surface area contributed by atoms with Crippen LogP contribution in [-0.2, 0) is 13.6 Å². The van der Waals surface area contributed by atoms with Gasteiger partial charge >= 0.3 is 0 Å². The third kappa shape index (κ3) is 4.73. The molecule has 1 heterocycles. The van der Waals surface area contributed by atoms with Crippen LogP contribution in [0.3, 0.4) is 0 Å². The van der Waals surface area contributed by atoms with Crippen LogP contribution in [-0.4, -0.2) is 40.1 Å². The fraction of sp³-hybridized carbons (Fsp3) is 0.357. The van der Waals surface area contributed by atoms with Gasteiger partial charge in [0.1, 0.15) is 18.0 Å². The zero-order chi connectivity index (χ0) is 15.8. The predicted octanol–water partition coefficient (Wildman–Crippen LogP) is 1.41. The van der Waals surface area contributed by atoms with Crippen LogP contribution in [0.2, 0.25) is 0 Å². The molecule has 0 amide bonds. The Kier molecular flexibility index (Phi) is 6.20. The van der Waals surface area contributed by atoms with E-state index in [9.17, 15) is 4.39 Å². The van der Waals surface area contributed by atoms with Gasteiger partial charge in [-0.25, -0.2) is 9.37 Å². The predicted molar refractivity (Wildman–Crippen MR) is 86.3 cm³/mol. The van der Waals surface area contributed by atoms with E-state index in [1.165, 1.54) is 24.2 Å². The topological polar surface area (TPSA) is 67.1 Å². The van der Waals surface area contributed by atoms with Crippen molar-refractivity contribution in [3.8, 4) is 0 Å². The molecule has 0 aliphatic heterocycles. The van der Waals surface area contributed by atoms with E-state index in [1.807, 2.05) is 13.1 Å². The number of guanidine groups is 1. The zero-order valence-electron chi connectivity index (χ0n) is 12.6.